The normalized spacial score (nSPS) is 25.0. The van der Waals surface area contributed by atoms with Gasteiger partial charge in [-0.15, -0.1) is 0 Å². The van der Waals surface area contributed by atoms with Crippen LogP contribution in [0.25, 0.3) is 0 Å². The van der Waals surface area contributed by atoms with Crippen LogP contribution in [0.4, 0.5) is 4.39 Å². The van der Waals surface area contributed by atoms with Crippen molar-refractivity contribution in [2.24, 2.45) is 5.92 Å². The molecule has 1 nitrogen and oxygen atoms in total. The maximum Gasteiger partial charge on any atom is 0.126 e. The second kappa shape index (κ2) is 4.31. The molecule has 0 bridgehead atoms. The summed E-state index contributed by atoms with van der Waals surface area (Å²) in [4.78, 5) is 0. The van der Waals surface area contributed by atoms with Gasteiger partial charge in [-0.25, -0.2) is 4.39 Å². The standard InChI is InChI=1S/C13H18FN/c1-9-3-6-13(14)12(7-9)11-5-4-10(11)8-15-2/h3,6-7,10-11,15H,4-5,8H2,1-2H3. The molecule has 0 aliphatic heterocycles. The van der Waals surface area contributed by atoms with Crippen LogP contribution < -0.4 is 5.32 Å². The summed E-state index contributed by atoms with van der Waals surface area (Å²) in [5.74, 6) is 1.01. The minimum absolute atomic E-state index is 0.0357. The Bertz CT molecular complexity index is 348. The van der Waals surface area contributed by atoms with Crippen molar-refractivity contribution < 1.29 is 4.39 Å². The molecule has 0 spiro atoms. The van der Waals surface area contributed by atoms with Crippen molar-refractivity contribution in [2.75, 3.05) is 13.6 Å². The fourth-order valence-corrected chi connectivity index (χ4v) is 2.43. The first kappa shape index (κ1) is 10.6. The molecule has 2 heteroatoms. The molecule has 0 heterocycles. The molecule has 1 aromatic carbocycles. The van der Waals surface area contributed by atoms with Gasteiger partial charge in [-0.2, -0.15) is 0 Å². The molecule has 1 aliphatic carbocycles. The predicted octanol–water partition coefficient (Wildman–Crippen LogP) is 2.85. The predicted molar refractivity (Wildman–Crippen MR) is 60.5 cm³/mol. The van der Waals surface area contributed by atoms with Crippen LogP contribution in [0.3, 0.4) is 0 Å². The Morgan fingerprint density at radius 1 is 1.40 bits per heavy atom. The van der Waals surface area contributed by atoms with E-state index in [4.69, 9.17) is 0 Å². The zero-order valence-corrected chi connectivity index (χ0v) is 9.39. The van der Waals surface area contributed by atoms with Gasteiger partial charge in [0.05, 0.1) is 0 Å². The monoisotopic (exact) mass is 207 g/mol. The van der Waals surface area contributed by atoms with Crippen molar-refractivity contribution >= 4 is 0 Å². The third-order valence-electron chi connectivity index (χ3n) is 3.43. The minimum Gasteiger partial charge on any atom is -0.319 e. The molecule has 0 amide bonds. The van der Waals surface area contributed by atoms with Crippen molar-refractivity contribution in [3.05, 3.63) is 35.1 Å². The molecular formula is C13H18FN. The largest absolute Gasteiger partial charge is 0.319 e. The van der Waals surface area contributed by atoms with E-state index >= 15 is 0 Å². The minimum atomic E-state index is -0.0357. The number of rotatable bonds is 3. The van der Waals surface area contributed by atoms with E-state index in [1.165, 1.54) is 6.42 Å². The number of nitrogens with one attached hydrogen (secondary N) is 1. The summed E-state index contributed by atoms with van der Waals surface area (Å²) >= 11 is 0. The fraction of sp³-hybridized carbons (Fsp3) is 0.538. The van der Waals surface area contributed by atoms with Crippen LogP contribution in [-0.2, 0) is 0 Å². The van der Waals surface area contributed by atoms with Gasteiger partial charge in [0.1, 0.15) is 5.82 Å². The first-order valence-corrected chi connectivity index (χ1v) is 5.63. The molecule has 1 aliphatic rings. The summed E-state index contributed by atoms with van der Waals surface area (Å²) in [6.45, 7) is 3.02. The lowest BCUT2D eigenvalue weighted by Gasteiger charge is -2.37. The molecule has 1 N–H and O–H groups in total. The van der Waals surface area contributed by atoms with Gasteiger partial charge in [0.25, 0.3) is 0 Å². The van der Waals surface area contributed by atoms with E-state index in [2.05, 4.69) is 5.32 Å². The molecule has 1 aromatic rings. The molecule has 0 radical (unpaired) electrons. The van der Waals surface area contributed by atoms with Gasteiger partial charge in [0, 0.05) is 0 Å². The zero-order valence-electron chi connectivity index (χ0n) is 9.39. The Morgan fingerprint density at radius 3 is 2.80 bits per heavy atom. The lowest BCUT2D eigenvalue weighted by Crippen LogP contribution is -2.32. The first-order valence-electron chi connectivity index (χ1n) is 5.63. The molecule has 82 valence electrons. The Kier molecular flexibility index (Phi) is 3.06. The van der Waals surface area contributed by atoms with Gasteiger partial charge >= 0.3 is 0 Å². The van der Waals surface area contributed by atoms with E-state index in [0.717, 1.165) is 24.1 Å². The van der Waals surface area contributed by atoms with Crippen LogP contribution in [0.1, 0.15) is 29.9 Å². The van der Waals surface area contributed by atoms with E-state index < -0.39 is 0 Å². The Labute approximate surface area is 90.7 Å². The molecule has 15 heavy (non-hydrogen) atoms. The molecular weight excluding hydrogens is 189 g/mol. The topological polar surface area (TPSA) is 12.0 Å². The maximum atomic E-state index is 13.6. The summed E-state index contributed by atoms with van der Waals surface area (Å²) in [6.07, 6.45) is 2.35. The quantitative estimate of drug-likeness (QED) is 0.803. The molecule has 1 fully saturated rings. The average Bonchev–Trinajstić information content (AvgIpc) is 2.18. The van der Waals surface area contributed by atoms with Crippen LogP contribution in [0.15, 0.2) is 18.2 Å². The van der Waals surface area contributed by atoms with Crippen LogP contribution in [0.5, 0.6) is 0 Å². The Morgan fingerprint density at radius 2 is 2.20 bits per heavy atom. The summed E-state index contributed by atoms with van der Waals surface area (Å²) in [6, 6.07) is 5.44. The summed E-state index contributed by atoms with van der Waals surface area (Å²) < 4.78 is 13.6. The van der Waals surface area contributed by atoms with E-state index in [9.17, 15) is 4.39 Å². The summed E-state index contributed by atoms with van der Waals surface area (Å²) in [5, 5.41) is 3.18. The SMILES string of the molecule is CNCC1CCC1c1cc(C)ccc1F. The number of halogens is 1. The van der Waals surface area contributed by atoms with Gasteiger partial charge in [-0.1, -0.05) is 17.7 Å². The fourth-order valence-electron chi connectivity index (χ4n) is 2.43. The van der Waals surface area contributed by atoms with Crippen molar-refractivity contribution in [1.82, 2.24) is 5.32 Å². The smallest absolute Gasteiger partial charge is 0.126 e. The Hall–Kier alpha value is -0.890. The van der Waals surface area contributed by atoms with E-state index in [1.54, 1.807) is 6.07 Å². The van der Waals surface area contributed by atoms with Crippen LogP contribution in [0.2, 0.25) is 0 Å². The molecule has 2 unspecified atom stereocenters. The highest BCUT2D eigenvalue weighted by Crippen LogP contribution is 2.43. The number of aryl methyl sites for hydroxylation is 1. The number of benzene rings is 1. The number of hydrogen-bond donors (Lipinski definition) is 1. The van der Waals surface area contributed by atoms with Gasteiger partial charge in [0.15, 0.2) is 0 Å². The second-order valence-electron chi connectivity index (χ2n) is 4.53. The average molecular weight is 207 g/mol. The molecule has 2 rings (SSSR count). The highest BCUT2D eigenvalue weighted by atomic mass is 19.1. The van der Waals surface area contributed by atoms with Crippen molar-refractivity contribution in [2.45, 2.75) is 25.7 Å². The third-order valence-corrected chi connectivity index (χ3v) is 3.43. The molecule has 0 aromatic heterocycles. The van der Waals surface area contributed by atoms with E-state index in [-0.39, 0.29) is 5.82 Å². The molecule has 1 saturated carbocycles. The van der Waals surface area contributed by atoms with Gasteiger partial charge < -0.3 is 5.32 Å². The highest BCUT2D eigenvalue weighted by molar-refractivity contribution is 5.29. The van der Waals surface area contributed by atoms with Crippen molar-refractivity contribution in [3.63, 3.8) is 0 Å². The van der Waals surface area contributed by atoms with Gasteiger partial charge in [-0.05, 0) is 56.8 Å². The summed E-state index contributed by atoms with van der Waals surface area (Å²) in [7, 11) is 1.96. The molecule has 2 atom stereocenters. The lowest BCUT2D eigenvalue weighted by atomic mass is 9.69. The van der Waals surface area contributed by atoms with Crippen molar-refractivity contribution in [1.29, 1.82) is 0 Å². The lowest BCUT2D eigenvalue weighted by molar-refractivity contribution is 0.245. The first-order chi connectivity index (χ1) is 7.22. The van der Waals surface area contributed by atoms with Crippen molar-refractivity contribution in [3.8, 4) is 0 Å². The summed E-state index contributed by atoms with van der Waals surface area (Å²) in [5.41, 5.74) is 2.07. The highest BCUT2D eigenvalue weighted by Gasteiger charge is 2.32. The third kappa shape index (κ3) is 2.05. The van der Waals surface area contributed by atoms with Crippen LogP contribution >= 0.6 is 0 Å². The van der Waals surface area contributed by atoms with E-state index in [0.29, 0.717) is 11.8 Å². The van der Waals surface area contributed by atoms with Gasteiger partial charge in [-0.3, -0.25) is 0 Å². The van der Waals surface area contributed by atoms with Crippen LogP contribution in [-0.4, -0.2) is 13.6 Å². The van der Waals surface area contributed by atoms with Crippen LogP contribution in [0, 0.1) is 18.7 Å². The van der Waals surface area contributed by atoms with E-state index in [1.807, 2.05) is 26.1 Å². The maximum absolute atomic E-state index is 13.6. The zero-order chi connectivity index (χ0) is 10.8. The second-order valence-corrected chi connectivity index (χ2v) is 4.53. The Balaban J connectivity index is 2.18. The molecule has 0 saturated heterocycles. The number of hydrogen-bond acceptors (Lipinski definition) is 1. The van der Waals surface area contributed by atoms with Gasteiger partial charge in [0.2, 0.25) is 0 Å².